The topological polar surface area (TPSA) is 65.5 Å². The van der Waals surface area contributed by atoms with Crippen LogP contribution in [0.15, 0.2) is 61.2 Å². The highest BCUT2D eigenvalue weighted by Crippen LogP contribution is 2.23. The Morgan fingerprint density at radius 2 is 2.18 bits per heavy atom. The minimum atomic E-state index is -2.84. The highest BCUT2D eigenvalue weighted by Gasteiger charge is 2.17. The van der Waals surface area contributed by atoms with E-state index in [9.17, 15) is 13.6 Å². The molecule has 0 aliphatic carbocycles. The monoisotopic (exact) mass is 407 g/mol. The van der Waals surface area contributed by atoms with Crippen molar-refractivity contribution >= 4 is 17.5 Å². The second-order valence-corrected chi connectivity index (χ2v) is 6.41. The Morgan fingerprint density at radius 3 is 2.79 bits per heavy atom. The zero-order valence-corrected chi connectivity index (χ0v) is 16.0. The highest BCUT2D eigenvalue weighted by molar-refractivity contribution is 6.30. The molecule has 2 aromatic rings. The summed E-state index contributed by atoms with van der Waals surface area (Å²) >= 11 is 5.98. The largest absolute Gasteiger partial charge is 0.390 e. The maximum absolute atomic E-state index is 13.1. The van der Waals surface area contributed by atoms with E-state index in [0.717, 1.165) is 17.8 Å². The predicted octanol–water partition coefficient (Wildman–Crippen LogP) is 4.40. The summed E-state index contributed by atoms with van der Waals surface area (Å²) < 4.78 is 26.1. The number of halogens is 3. The van der Waals surface area contributed by atoms with Crippen LogP contribution in [0.1, 0.15) is 40.5 Å². The van der Waals surface area contributed by atoms with Crippen molar-refractivity contribution in [2.75, 3.05) is 0 Å². The summed E-state index contributed by atoms with van der Waals surface area (Å²) in [5, 5.41) is 12.3. The van der Waals surface area contributed by atoms with Crippen LogP contribution < -0.4 is 5.32 Å². The summed E-state index contributed by atoms with van der Waals surface area (Å²) in [5.41, 5.74) is 0.786. The molecule has 0 aliphatic heterocycles. The van der Waals surface area contributed by atoms with Crippen LogP contribution in [0.5, 0.6) is 0 Å². The van der Waals surface area contributed by atoms with E-state index in [0.29, 0.717) is 17.3 Å². The summed E-state index contributed by atoms with van der Waals surface area (Å²) in [5.74, 6) is -0.584. The molecule has 8 heteroatoms. The van der Waals surface area contributed by atoms with Crippen LogP contribution in [0.2, 0.25) is 5.02 Å². The molecule has 0 spiro atoms. The summed E-state index contributed by atoms with van der Waals surface area (Å²) in [4.78, 5) is 17.8. The van der Waals surface area contributed by atoms with Crippen molar-refractivity contribution in [1.29, 1.82) is 0 Å². The lowest BCUT2D eigenvalue weighted by atomic mass is 10.1. The fourth-order valence-electron chi connectivity index (χ4n) is 2.50. The molecule has 2 N–H and O–H groups in total. The van der Waals surface area contributed by atoms with Gasteiger partial charge in [-0.3, -0.25) is 9.78 Å². The zero-order chi connectivity index (χ0) is 20.7. The minimum Gasteiger partial charge on any atom is -0.390 e. The first kappa shape index (κ1) is 21.5. The first-order valence-electron chi connectivity index (χ1n) is 8.34. The Kier molecular flexibility index (Phi) is 7.66. The molecular weight excluding hydrogens is 388 g/mol. The number of pyridine rings is 1. The third kappa shape index (κ3) is 5.87. The lowest BCUT2D eigenvalue weighted by Crippen LogP contribution is -2.24. The second kappa shape index (κ2) is 9.96. The number of aliphatic hydroxyl groups is 1. The van der Waals surface area contributed by atoms with Gasteiger partial charge in [0.25, 0.3) is 12.3 Å². The first-order chi connectivity index (χ1) is 13.3. The van der Waals surface area contributed by atoms with Gasteiger partial charge in [0.2, 0.25) is 0 Å². The van der Waals surface area contributed by atoms with Crippen molar-refractivity contribution in [2.24, 2.45) is 0 Å². The van der Waals surface area contributed by atoms with E-state index in [-0.39, 0.29) is 11.3 Å². The molecule has 1 aromatic heterocycles. The van der Waals surface area contributed by atoms with Crippen LogP contribution in [0, 0.1) is 0 Å². The van der Waals surface area contributed by atoms with E-state index in [1.54, 1.807) is 30.3 Å². The van der Waals surface area contributed by atoms with Crippen molar-refractivity contribution < 1.29 is 18.7 Å². The molecule has 0 radical (unpaired) electrons. The minimum absolute atomic E-state index is 0.0276. The first-order valence-corrected chi connectivity index (χ1v) is 8.72. The lowest BCUT2D eigenvalue weighted by molar-refractivity contribution is 0.0964. The van der Waals surface area contributed by atoms with Crippen LogP contribution in [0.25, 0.3) is 0 Å². The average molecular weight is 408 g/mol. The number of carbonyl (C=O) groups excluding carboxylic acids is 1. The molecule has 0 atom stereocenters. The summed E-state index contributed by atoms with van der Waals surface area (Å²) in [6.07, 6.45) is 1.56. The average Bonchev–Trinajstić information content (AvgIpc) is 2.66. The smallest absolute Gasteiger partial charge is 0.265 e. The number of nitrogens with one attached hydrogen (secondary N) is 1. The number of aliphatic hydroxyl groups excluding tert-OH is 1. The predicted molar refractivity (Wildman–Crippen MR) is 104 cm³/mol. The summed E-state index contributed by atoms with van der Waals surface area (Å²) in [6, 6.07) is 8.36. The number of alkyl halides is 2. The summed E-state index contributed by atoms with van der Waals surface area (Å²) in [7, 11) is 0. The van der Waals surface area contributed by atoms with Crippen LogP contribution in [-0.2, 0) is 13.2 Å². The normalized spacial score (nSPS) is 11.4. The Labute approximate surface area is 167 Å². The number of carbonyl (C=O) groups is 1. The van der Waals surface area contributed by atoms with Crippen molar-refractivity contribution in [2.45, 2.75) is 26.5 Å². The van der Waals surface area contributed by atoms with E-state index < -0.39 is 24.5 Å². The third-order valence-electron chi connectivity index (χ3n) is 3.81. The van der Waals surface area contributed by atoms with Gasteiger partial charge in [-0.2, -0.15) is 0 Å². The molecular formula is C20H20ClF2N3O2. The molecule has 1 aromatic carbocycles. The number of hydrogen-bond donors (Lipinski definition) is 2. The molecule has 0 fully saturated rings. The van der Waals surface area contributed by atoms with Gasteiger partial charge < -0.3 is 15.3 Å². The molecule has 0 bridgehead atoms. The Morgan fingerprint density at radius 1 is 1.43 bits per heavy atom. The van der Waals surface area contributed by atoms with Crippen LogP contribution in [0.4, 0.5) is 8.78 Å². The fraction of sp³-hybridized carbons (Fsp3) is 0.200. The quantitative estimate of drug-likeness (QED) is 0.680. The van der Waals surface area contributed by atoms with E-state index in [4.69, 9.17) is 16.7 Å². The lowest BCUT2D eigenvalue weighted by Gasteiger charge is -2.17. The molecule has 0 saturated heterocycles. The van der Waals surface area contributed by atoms with Crippen molar-refractivity contribution in [3.63, 3.8) is 0 Å². The molecule has 0 unspecified atom stereocenters. The molecule has 1 heterocycles. The molecule has 148 valence electrons. The number of nitrogens with zero attached hydrogens (tertiary/aromatic N) is 2. The van der Waals surface area contributed by atoms with E-state index in [1.807, 2.05) is 18.2 Å². The van der Waals surface area contributed by atoms with Gasteiger partial charge in [-0.25, -0.2) is 8.78 Å². The number of benzene rings is 1. The van der Waals surface area contributed by atoms with Gasteiger partial charge in [-0.05, 0) is 36.9 Å². The third-order valence-corrected chi connectivity index (χ3v) is 4.04. The van der Waals surface area contributed by atoms with Gasteiger partial charge in [0.1, 0.15) is 0 Å². The number of rotatable bonds is 8. The van der Waals surface area contributed by atoms with Gasteiger partial charge in [0.05, 0.1) is 17.9 Å². The van der Waals surface area contributed by atoms with E-state index in [2.05, 4.69) is 16.9 Å². The van der Waals surface area contributed by atoms with Crippen molar-refractivity contribution in [3.05, 3.63) is 88.6 Å². The maximum atomic E-state index is 13.1. The van der Waals surface area contributed by atoms with E-state index in [1.165, 1.54) is 0 Å². The fourth-order valence-corrected chi connectivity index (χ4v) is 2.71. The molecule has 0 aliphatic rings. The number of amides is 1. The SMILES string of the molecule is C=CN(/C=C(\C)NC(=O)c1cnc(CO)c(C(F)F)c1)Cc1cccc(Cl)c1. The second-order valence-electron chi connectivity index (χ2n) is 5.97. The van der Waals surface area contributed by atoms with Crippen LogP contribution in [-0.4, -0.2) is 20.9 Å². The molecule has 2 rings (SSSR count). The zero-order valence-electron chi connectivity index (χ0n) is 15.2. The van der Waals surface area contributed by atoms with Gasteiger partial charge >= 0.3 is 0 Å². The van der Waals surface area contributed by atoms with Gasteiger partial charge in [0.15, 0.2) is 0 Å². The Hall–Kier alpha value is -2.77. The molecule has 0 saturated carbocycles. The molecule has 28 heavy (non-hydrogen) atoms. The standard InChI is InChI=1S/C20H20ClF2N3O2/c1-3-26(11-14-5-4-6-16(21)7-14)10-13(2)25-20(28)15-8-17(19(22)23)18(12-27)24-9-15/h3-10,19,27H,1,11-12H2,2H3,(H,25,28)/b13-10+. The van der Waals surface area contributed by atoms with Gasteiger partial charge in [-0.15, -0.1) is 0 Å². The van der Waals surface area contributed by atoms with E-state index >= 15 is 0 Å². The Balaban J connectivity index is 2.11. The molecule has 5 nitrogen and oxygen atoms in total. The number of allylic oxidation sites excluding steroid dienone is 1. The Bertz CT molecular complexity index is 888. The van der Waals surface area contributed by atoms with Gasteiger partial charge in [-0.1, -0.05) is 30.3 Å². The van der Waals surface area contributed by atoms with Crippen molar-refractivity contribution in [3.8, 4) is 0 Å². The molecule has 1 amide bonds. The highest BCUT2D eigenvalue weighted by atomic mass is 35.5. The van der Waals surface area contributed by atoms with Gasteiger partial charge in [0, 0.05) is 35.2 Å². The summed E-state index contributed by atoms with van der Waals surface area (Å²) in [6.45, 7) is 5.26. The van der Waals surface area contributed by atoms with Crippen LogP contribution in [0.3, 0.4) is 0 Å². The van der Waals surface area contributed by atoms with Crippen molar-refractivity contribution in [1.82, 2.24) is 15.2 Å². The number of aromatic nitrogens is 1. The van der Waals surface area contributed by atoms with Crippen LogP contribution >= 0.6 is 11.6 Å². The number of hydrogen-bond acceptors (Lipinski definition) is 4. The maximum Gasteiger partial charge on any atom is 0.265 e.